The van der Waals surface area contributed by atoms with Gasteiger partial charge in [-0.15, -0.1) is 0 Å². The Balaban J connectivity index is 2.04. The fraction of sp³-hybridized carbons (Fsp3) is 0.556. The molecular weight excluding hydrogens is 374 g/mol. The lowest BCUT2D eigenvalue weighted by molar-refractivity contribution is -0.143. The van der Waals surface area contributed by atoms with Crippen molar-refractivity contribution in [1.82, 2.24) is 4.90 Å². The molecule has 1 aromatic rings. The zero-order chi connectivity index (χ0) is 17.9. The third-order valence-corrected chi connectivity index (χ3v) is 4.93. The van der Waals surface area contributed by atoms with Gasteiger partial charge in [0.15, 0.2) is 0 Å². The second-order valence-electron chi connectivity index (χ2n) is 7.22. The van der Waals surface area contributed by atoms with E-state index in [1.165, 1.54) is 0 Å². The van der Waals surface area contributed by atoms with E-state index < -0.39 is 17.5 Å². The highest BCUT2D eigenvalue weighted by Gasteiger charge is 2.37. The summed E-state index contributed by atoms with van der Waals surface area (Å²) in [6.07, 6.45) is 0.763. The Hall–Kier alpha value is -1.56. The summed E-state index contributed by atoms with van der Waals surface area (Å²) in [5.74, 6) is -1.40. The standard InChI is InChI=1S/C18H24BrNO4/c1-18(2,3)24-17(23)20-9-8-13(11-20)14(16(21)22)10-12-6-4-5-7-15(12)19/h4-7,13-14H,8-11H2,1-3H3,(H,21,22)/t13-,14-/m0/s1. The quantitative estimate of drug-likeness (QED) is 0.834. The van der Waals surface area contributed by atoms with Gasteiger partial charge in [0, 0.05) is 17.6 Å². The van der Waals surface area contributed by atoms with Crippen LogP contribution >= 0.6 is 15.9 Å². The fourth-order valence-electron chi connectivity index (χ4n) is 2.96. The number of halogens is 1. The number of likely N-dealkylation sites (tertiary alicyclic amines) is 1. The lowest BCUT2D eigenvalue weighted by Gasteiger charge is -2.25. The molecule has 1 saturated heterocycles. The van der Waals surface area contributed by atoms with Crippen LogP contribution in [0.25, 0.3) is 0 Å². The number of carboxylic acid groups (broad SMARTS) is 1. The molecule has 0 spiro atoms. The summed E-state index contributed by atoms with van der Waals surface area (Å²) in [7, 11) is 0. The number of carbonyl (C=O) groups excluding carboxylic acids is 1. The molecule has 1 aromatic carbocycles. The van der Waals surface area contributed by atoms with Crippen LogP contribution in [-0.4, -0.2) is 40.8 Å². The smallest absolute Gasteiger partial charge is 0.410 e. The van der Waals surface area contributed by atoms with Gasteiger partial charge in [-0.1, -0.05) is 34.1 Å². The summed E-state index contributed by atoms with van der Waals surface area (Å²) < 4.78 is 6.29. The van der Waals surface area contributed by atoms with Crippen molar-refractivity contribution in [2.75, 3.05) is 13.1 Å². The third-order valence-electron chi connectivity index (χ3n) is 4.16. The van der Waals surface area contributed by atoms with Crippen LogP contribution in [-0.2, 0) is 16.0 Å². The molecule has 5 nitrogen and oxygen atoms in total. The molecule has 1 heterocycles. The Morgan fingerprint density at radius 2 is 2.04 bits per heavy atom. The predicted octanol–water partition coefficient (Wildman–Crippen LogP) is 3.95. The second kappa shape index (κ2) is 7.55. The van der Waals surface area contributed by atoms with Crippen molar-refractivity contribution in [3.63, 3.8) is 0 Å². The van der Waals surface area contributed by atoms with Gasteiger partial charge in [0.05, 0.1) is 5.92 Å². The fourth-order valence-corrected chi connectivity index (χ4v) is 3.41. The first-order valence-electron chi connectivity index (χ1n) is 8.11. The first kappa shape index (κ1) is 18.8. The SMILES string of the molecule is CC(C)(C)OC(=O)N1CC[C@H]([C@H](Cc2ccccc2Br)C(=O)O)C1. The molecule has 1 aliphatic heterocycles. The summed E-state index contributed by atoms with van der Waals surface area (Å²) in [4.78, 5) is 25.5. The maximum Gasteiger partial charge on any atom is 0.410 e. The Kier molecular flexibility index (Phi) is 5.91. The molecule has 0 unspecified atom stereocenters. The van der Waals surface area contributed by atoms with E-state index in [4.69, 9.17) is 4.74 Å². The van der Waals surface area contributed by atoms with Gasteiger partial charge in [0.2, 0.25) is 0 Å². The number of amides is 1. The van der Waals surface area contributed by atoms with Crippen molar-refractivity contribution in [3.8, 4) is 0 Å². The summed E-state index contributed by atoms with van der Waals surface area (Å²) in [6.45, 7) is 6.44. The highest BCUT2D eigenvalue weighted by atomic mass is 79.9. The van der Waals surface area contributed by atoms with E-state index in [1.54, 1.807) is 4.90 Å². The van der Waals surface area contributed by atoms with Crippen molar-refractivity contribution in [2.24, 2.45) is 11.8 Å². The van der Waals surface area contributed by atoms with E-state index in [-0.39, 0.29) is 12.0 Å². The molecule has 6 heteroatoms. The first-order valence-corrected chi connectivity index (χ1v) is 8.91. The Morgan fingerprint density at radius 1 is 1.38 bits per heavy atom. The summed E-state index contributed by atoms with van der Waals surface area (Å²) in [5, 5.41) is 9.65. The minimum atomic E-state index is -0.818. The molecule has 2 rings (SSSR count). The molecule has 1 amide bonds. The number of carbonyl (C=O) groups is 2. The second-order valence-corrected chi connectivity index (χ2v) is 8.07. The first-order chi connectivity index (χ1) is 11.2. The van der Waals surface area contributed by atoms with Crippen LogP contribution in [0.15, 0.2) is 28.7 Å². The molecular formula is C18H24BrNO4. The number of aliphatic carboxylic acids is 1. The molecule has 0 saturated carbocycles. The topological polar surface area (TPSA) is 66.8 Å². The van der Waals surface area contributed by atoms with Gasteiger partial charge >= 0.3 is 12.1 Å². The van der Waals surface area contributed by atoms with Crippen molar-refractivity contribution < 1.29 is 19.4 Å². The van der Waals surface area contributed by atoms with E-state index in [9.17, 15) is 14.7 Å². The van der Waals surface area contributed by atoms with Gasteiger partial charge in [0.1, 0.15) is 5.60 Å². The molecule has 0 radical (unpaired) electrons. The van der Waals surface area contributed by atoms with Crippen LogP contribution in [0.3, 0.4) is 0 Å². The minimum Gasteiger partial charge on any atom is -0.481 e. The van der Waals surface area contributed by atoms with Crippen LogP contribution in [0.5, 0.6) is 0 Å². The number of hydrogen-bond donors (Lipinski definition) is 1. The highest BCUT2D eigenvalue weighted by molar-refractivity contribution is 9.10. The number of carboxylic acids is 1. The lowest BCUT2D eigenvalue weighted by atomic mass is 9.86. The van der Waals surface area contributed by atoms with E-state index in [0.29, 0.717) is 25.9 Å². The van der Waals surface area contributed by atoms with E-state index in [1.807, 2.05) is 45.0 Å². The summed E-state index contributed by atoms with van der Waals surface area (Å²) in [5.41, 5.74) is 0.427. The normalized spacial score (nSPS) is 19.2. The molecule has 1 N–H and O–H groups in total. The minimum absolute atomic E-state index is 0.0675. The number of ether oxygens (including phenoxy) is 1. The largest absolute Gasteiger partial charge is 0.481 e. The van der Waals surface area contributed by atoms with Gasteiger partial charge in [-0.05, 0) is 51.2 Å². The Labute approximate surface area is 151 Å². The van der Waals surface area contributed by atoms with Gasteiger partial charge in [-0.2, -0.15) is 0 Å². The van der Waals surface area contributed by atoms with Crippen molar-refractivity contribution in [2.45, 2.75) is 39.2 Å². The number of benzene rings is 1. The van der Waals surface area contributed by atoms with Crippen LogP contribution < -0.4 is 0 Å². The molecule has 1 fully saturated rings. The molecule has 1 aliphatic rings. The summed E-state index contributed by atoms with van der Waals surface area (Å²) in [6, 6.07) is 7.65. The van der Waals surface area contributed by atoms with Crippen LogP contribution in [0.1, 0.15) is 32.8 Å². The predicted molar refractivity (Wildman–Crippen MR) is 94.9 cm³/mol. The van der Waals surface area contributed by atoms with Gasteiger partial charge in [-0.25, -0.2) is 4.79 Å². The van der Waals surface area contributed by atoms with Crippen molar-refractivity contribution in [3.05, 3.63) is 34.3 Å². The van der Waals surface area contributed by atoms with Crippen LogP contribution in [0.4, 0.5) is 4.79 Å². The van der Waals surface area contributed by atoms with Gasteiger partial charge < -0.3 is 14.7 Å². The molecule has 0 aliphatic carbocycles. The van der Waals surface area contributed by atoms with Crippen molar-refractivity contribution >= 4 is 28.0 Å². The van der Waals surface area contributed by atoms with E-state index >= 15 is 0 Å². The molecule has 0 aromatic heterocycles. The highest BCUT2D eigenvalue weighted by Crippen LogP contribution is 2.30. The van der Waals surface area contributed by atoms with Gasteiger partial charge in [0.25, 0.3) is 0 Å². The number of rotatable bonds is 4. The molecule has 132 valence electrons. The maximum absolute atomic E-state index is 12.2. The summed E-state index contributed by atoms with van der Waals surface area (Å²) >= 11 is 3.47. The van der Waals surface area contributed by atoms with Crippen LogP contribution in [0, 0.1) is 11.8 Å². The monoisotopic (exact) mass is 397 g/mol. The van der Waals surface area contributed by atoms with Crippen molar-refractivity contribution in [1.29, 1.82) is 0 Å². The zero-order valence-electron chi connectivity index (χ0n) is 14.3. The maximum atomic E-state index is 12.2. The van der Waals surface area contributed by atoms with Crippen LogP contribution in [0.2, 0.25) is 0 Å². The Bertz CT molecular complexity index is 611. The Morgan fingerprint density at radius 3 is 2.62 bits per heavy atom. The molecule has 2 atom stereocenters. The molecule has 0 bridgehead atoms. The van der Waals surface area contributed by atoms with E-state index in [0.717, 1.165) is 10.0 Å². The average Bonchev–Trinajstić information content (AvgIpc) is 2.94. The number of hydrogen-bond acceptors (Lipinski definition) is 3. The van der Waals surface area contributed by atoms with E-state index in [2.05, 4.69) is 15.9 Å². The number of nitrogens with zero attached hydrogens (tertiary/aromatic N) is 1. The molecule has 24 heavy (non-hydrogen) atoms. The lowest BCUT2D eigenvalue weighted by Crippen LogP contribution is -2.36. The van der Waals surface area contributed by atoms with Gasteiger partial charge in [-0.3, -0.25) is 4.79 Å². The third kappa shape index (κ3) is 4.97. The zero-order valence-corrected chi connectivity index (χ0v) is 15.9. The average molecular weight is 398 g/mol.